The van der Waals surface area contributed by atoms with Gasteiger partial charge in [0.1, 0.15) is 42.6 Å². The highest BCUT2D eigenvalue weighted by Crippen LogP contribution is 2.60. The largest absolute Gasteiger partial charge is 0.472 e. The van der Waals surface area contributed by atoms with Crippen LogP contribution in [0.25, 0.3) is 0 Å². The van der Waals surface area contributed by atoms with Crippen molar-refractivity contribution in [3.63, 3.8) is 0 Å². The smallest absolute Gasteiger partial charge is 0.407 e. The molecular weight excluding hydrogens is 1140 g/mol. The highest BCUT2D eigenvalue weighted by atomic mass is 19.1. The molecule has 26 heteroatoms. The summed E-state index contributed by atoms with van der Waals surface area (Å²) in [5, 5.41) is 25.5. The molecule has 13 rings (SSSR count). The zero-order valence-corrected chi connectivity index (χ0v) is 50.2. The Morgan fingerprint density at radius 3 is 2.12 bits per heavy atom. The van der Waals surface area contributed by atoms with Gasteiger partial charge in [0.2, 0.25) is 40.6 Å². The molecule has 2 spiro atoms. The summed E-state index contributed by atoms with van der Waals surface area (Å²) in [4.78, 5) is 127. The number of hydrogen-bond donors (Lipinski definition) is 5. The molecule has 18 atom stereocenters. The number of fused-ring (bicyclic) bond motifs is 8. The van der Waals surface area contributed by atoms with E-state index in [1.807, 2.05) is 13.8 Å². The van der Waals surface area contributed by atoms with E-state index in [1.54, 1.807) is 47.0 Å². The summed E-state index contributed by atoms with van der Waals surface area (Å²) >= 11 is 0. The van der Waals surface area contributed by atoms with Crippen molar-refractivity contribution in [2.75, 3.05) is 58.1 Å². The molecule has 8 amide bonds. The first-order chi connectivity index (χ1) is 42.3. The molecule has 88 heavy (non-hydrogen) atoms. The van der Waals surface area contributed by atoms with Crippen LogP contribution in [0.2, 0.25) is 0 Å². The Balaban J connectivity index is 0.767. The number of ether oxygens (including phenoxy) is 4. The molecular formula is C62H79F2N12O12+. The molecule has 2 bridgehead atoms. The Bertz CT molecular complexity index is 3210. The van der Waals surface area contributed by atoms with Gasteiger partial charge in [0, 0.05) is 44.1 Å². The predicted molar refractivity (Wildman–Crippen MR) is 305 cm³/mol. The molecule has 5 N–H and O–H groups in total. The van der Waals surface area contributed by atoms with Gasteiger partial charge in [-0.1, -0.05) is 6.92 Å². The standard InChI is InChI=1S/C62H78F2N12O12/c1-6-31(47(68-59(83)85-4)53(77)73-26-34-15-16-36(63)21-38(34)49(73)55(79)76-29-62(23-42(76)30(2)66-3)57(81)70-51-43(87-62)9-7-17-67-51)25-72-18-8-10-44-52(72)71-58(82)61(88-44)22-37(24-65)75(28-61)56(80)50-46-39-19-35(20-41(39)64)40(46)27-74(50)54(78)48(69-60(84)86-5)45(32-11-12-32)33-13-14-33/h7-10,17-18,30-42,45-50,66H,6,11-16,19-23,25-29H2,1-5H3,(H3,67,68,69,70,81,83,84)/p+1/t30?,31-,34+,35+,36-,37+,38+,39-,40-,41-,42+,46+,47+,48+,49+,50+,61-,62-/m1/s1. The Kier molecular flexibility index (Phi) is 15.5. The second-order valence-electron chi connectivity index (χ2n) is 27.0. The van der Waals surface area contributed by atoms with Crippen molar-refractivity contribution in [3.8, 4) is 17.6 Å². The van der Waals surface area contributed by atoms with Crippen LogP contribution in [-0.2, 0) is 44.8 Å². The van der Waals surface area contributed by atoms with Gasteiger partial charge in [-0.2, -0.15) is 5.26 Å². The zero-order chi connectivity index (χ0) is 61.8. The van der Waals surface area contributed by atoms with Gasteiger partial charge >= 0.3 is 23.9 Å². The minimum Gasteiger partial charge on any atom is -0.472 e. The number of alkyl halides is 2. The summed E-state index contributed by atoms with van der Waals surface area (Å²) in [6.45, 7) is 3.43. The number of halogens is 2. The molecule has 9 fully saturated rings. The fourth-order valence-corrected chi connectivity index (χ4v) is 17.5. The molecule has 5 aliphatic carbocycles. The third kappa shape index (κ3) is 10.1. The van der Waals surface area contributed by atoms with Gasteiger partial charge in [-0.05, 0) is 156 Å². The van der Waals surface area contributed by atoms with Gasteiger partial charge in [-0.25, -0.2) is 38.0 Å². The Morgan fingerprint density at radius 1 is 0.784 bits per heavy atom. The Labute approximate surface area is 508 Å². The Hall–Kier alpha value is -7.43. The molecule has 4 saturated heterocycles. The maximum atomic E-state index is 15.9. The predicted octanol–water partition coefficient (Wildman–Crippen LogP) is 3.24. The lowest BCUT2D eigenvalue weighted by molar-refractivity contribution is -0.690. The van der Waals surface area contributed by atoms with E-state index in [0.29, 0.717) is 25.0 Å². The van der Waals surface area contributed by atoms with E-state index in [0.717, 1.165) is 32.8 Å². The number of alkyl carbamates (subject to hydrolysis) is 2. The van der Waals surface area contributed by atoms with Crippen molar-refractivity contribution in [1.82, 2.24) is 40.5 Å². The van der Waals surface area contributed by atoms with Crippen molar-refractivity contribution in [2.45, 2.75) is 163 Å². The number of pyridine rings is 2. The number of aromatic nitrogens is 2. The van der Waals surface area contributed by atoms with Crippen LogP contribution in [0.3, 0.4) is 0 Å². The number of rotatable bonds is 15. The van der Waals surface area contributed by atoms with Gasteiger partial charge in [0.25, 0.3) is 5.91 Å². The molecule has 1 unspecified atom stereocenters. The molecule has 0 radical (unpaired) electrons. The third-order valence-corrected chi connectivity index (χ3v) is 22.2. The SMILES string of the molecule is CC[C@H](C[n+]1cccc2c1NC(=O)[C@]1(C[C@@H](C#N)N(C(=O)[C@@H]3[C@@H]4[C@H](CN3C(=O)[C@@H](NC(=O)OC)C(C3CC3)C3CC3)[C@H]3C[C@@H]4[C@H](F)C3)C1)O2)[C@H](NC(=O)OC)C(=O)N1C[C@@H]2CC[C@@H](F)C[C@@H]2[C@H]1C(=O)N1C[C@@]2(C[C@H]1C(C)NC)Oc1cccnc1NC2=O. The number of amides is 8. The molecule has 24 nitrogen and oxygen atoms in total. The minimum atomic E-state index is -1.79. The maximum Gasteiger partial charge on any atom is 0.407 e. The summed E-state index contributed by atoms with van der Waals surface area (Å²) in [6.07, 6.45) is 4.45. The number of hydrogen-bond acceptors (Lipinski definition) is 15. The normalized spacial score (nSPS) is 34.5. The lowest BCUT2D eigenvalue weighted by Crippen LogP contribution is -2.61. The second-order valence-corrected chi connectivity index (χ2v) is 27.0. The molecule has 5 saturated carbocycles. The topological polar surface area (TPSA) is 287 Å². The van der Waals surface area contributed by atoms with E-state index >= 15 is 28.0 Å². The third-order valence-electron chi connectivity index (χ3n) is 22.2. The molecule has 11 aliphatic rings. The highest BCUT2D eigenvalue weighted by Gasteiger charge is 2.67. The van der Waals surface area contributed by atoms with E-state index in [-0.39, 0.29) is 124 Å². The van der Waals surface area contributed by atoms with E-state index in [1.165, 1.54) is 28.0 Å². The fourth-order valence-electron chi connectivity index (χ4n) is 17.5. The van der Waals surface area contributed by atoms with E-state index in [9.17, 15) is 24.4 Å². The number of carbonyl (C=O) groups excluding carboxylic acids is 8. The molecule has 2 aromatic rings. The monoisotopic (exact) mass is 1220 g/mol. The van der Waals surface area contributed by atoms with Crippen LogP contribution < -0.4 is 40.6 Å². The maximum absolute atomic E-state index is 15.9. The number of carbonyl (C=O) groups is 8. The van der Waals surface area contributed by atoms with Gasteiger partial charge in [-0.15, -0.1) is 0 Å². The lowest BCUT2D eigenvalue weighted by atomic mass is 9.77. The summed E-state index contributed by atoms with van der Waals surface area (Å²) in [5.74, 6) is -4.89. The van der Waals surface area contributed by atoms with Crippen LogP contribution >= 0.6 is 0 Å². The van der Waals surface area contributed by atoms with Crippen LogP contribution in [0, 0.1) is 70.5 Å². The van der Waals surface area contributed by atoms with Crippen molar-refractivity contribution in [3.05, 3.63) is 36.7 Å². The average Bonchev–Trinajstić information content (AvgIpc) is 1.59. The van der Waals surface area contributed by atoms with Crippen LogP contribution in [0.15, 0.2) is 36.7 Å². The van der Waals surface area contributed by atoms with Gasteiger partial charge in [0.15, 0.2) is 11.6 Å². The summed E-state index contributed by atoms with van der Waals surface area (Å²) in [7, 11) is 4.14. The van der Waals surface area contributed by atoms with Crippen LogP contribution in [0.1, 0.15) is 90.9 Å². The fraction of sp³-hybridized carbons (Fsp3) is 0.694. The van der Waals surface area contributed by atoms with Crippen molar-refractivity contribution in [1.29, 1.82) is 5.26 Å². The molecule has 8 heterocycles. The Morgan fingerprint density at radius 2 is 1.43 bits per heavy atom. The van der Waals surface area contributed by atoms with E-state index in [4.69, 9.17) is 18.9 Å². The number of likely N-dealkylation sites (tertiary alicyclic amines) is 4. The molecule has 2 aromatic heterocycles. The summed E-state index contributed by atoms with van der Waals surface area (Å²) < 4.78 is 56.5. The minimum absolute atomic E-state index is 0.0183. The number of nitrogens with one attached hydrogen (secondary N) is 5. The first kappa shape index (κ1) is 59.5. The number of nitrogens with zero attached hydrogens (tertiary/aromatic N) is 7. The van der Waals surface area contributed by atoms with Gasteiger partial charge < -0.3 is 59.8 Å². The first-order valence-corrected chi connectivity index (χ1v) is 31.6. The number of likely N-dealkylation sites (N-methyl/N-ethyl adjacent to an activating group) is 1. The van der Waals surface area contributed by atoms with Crippen molar-refractivity contribution >= 4 is 59.3 Å². The van der Waals surface area contributed by atoms with Crippen LogP contribution in [-0.4, -0.2) is 185 Å². The summed E-state index contributed by atoms with van der Waals surface area (Å²) in [5.41, 5.74) is -3.30. The quantitative estimate of drug-likeness (QED) is 0.160. The van der Waals surface area contributed by atoms with Crippen molar-refractivity contribution in [2.24, 2.45) is 59.2 Å². The van der Waals surface area contributed by atoms with Crippen molar-refractivity contribution < 1.29 is 70.7 Å². The molecule has 6 aliphatic heterocycles. The van der Waals surface area contributed by atoms with Gasteiger partial charge in [0.05, 0.1) is 52.2 Å². The first-order valence-electron chi connectivity index (χ1n) is 31.6. The second kappa shape index (κ2) is 22.9. The van der Waals surface area contributed by atoms with Gasteiger partial charge in [-0.3, -0.25) is 24.0 Å². The summed E-state index contributed by atoms with van der Waals surface area (Å²) in [6, 6.07) is 2.06. The lowest BCUT2D eigenvalue weighted by Gasteiger charge is -2.38. The van der Waals surface area contributed by atoms with Crippen LogP contribution in [0.5, 0.6) is 11.5 Å². The average molecular weight is 1220 g/mol. The van der Waals surface area contributed by atoms with E-state index in [2.05, 4.69) is 37.6 Å². The highest BCUT2D eigenvalue weighted by molar-refractivity contribution is 6.02. The number of methoxy groups -OCH3 is 2. The zero-order valence-electron chi connectivity index (χ0n) is 50.2. The molecule has 472 valence electrons. The van der Waals surface area contributed by atoms with E-state index < -0.39 is 131 Å². The number of anilines is 2. The molecule has 0 aromatic carbocycles. The van der Waals surface area contributed by atoms with Crippen LogP contribution in [0.4, 0.5) is 30.0 Å². The number of nitriles is 1.